The van der Waals surface area contributed by atoms with Gasteiger partial charge in [-0.3, -0.25) is 4.68 Å². The van der Waals surface area contributed by atoms with Gasteiger partial charge in [-0.25, -0.2) is 18.1 Å². The molecule has 3 rings (SSSR count). The molecule has 1 saturated heterocycles. The van der Waals surface area contributed by atoms with Crippen LogP contribution in [-0.4, -0.2) is 35.8 Å². The van der Waals surface area contributed by atoms with Gasteiger partial charge < -0.3 is 10.5 Å². The van der Waals surface area contributed by atoms with Crippen LogP contribution in [0.25, 0.3) is 0 Å². The summed E-state index contributed by atoms with van der Waals surface area (Å²) in [6.45, 7) is 3.28. The molecular formula is C15H20ClN5O3S. The number of pyridine rings is 1. The highest BCUT2D eigenvalue weighted by molar-refractivity contribution is 7.89. The number of nitrogens with zero attached hydrogens (tertiary/aromatic N) is 3. The van der Waals surface area contributed by atoms with Gasteiger partial charge in [0.05, 0.1) is 17.3 Å². The maximum atomic E-state index is 12.7. The summed E-state index contributed by atoms with van der Waals surface area (Å²) in [5, 5.41) is 4.44. The lowest BCUT2D eigenvalue weighted by Crippen LogP contribution is -2.42. The van der Waals surface area contributed by atoms with Gasteiger partial charge in [0.1, 0.15) is 16.8 Å². The number of nitrogens with two attached hydrogens (primary N) is 1. The number of rotatable bonds is 5. The average molecular weight is 386 g/mol. The third-order valence-corrected chi connectivity index (χ3v) is 5.80. The Kier molecular flexibility index (Phi) is 5.28. The van der Waals surface area contributed by atoms with Gasteiger partial charge in [-0.1, -0.05) is 11.6 Å². The molecule has 25 heavy (non-hydrogen) atoms. The van der Waals surface area contributed by atoms with E-state index in [1.165, 1.54) is 12.3 Å². The SMILES string of the molecule is CCn1cc([C@H]2OCCC[C@@H]2NS(=O)(=O)c2cc(Cl)cnc2N)cn1. The first-order valence-electron chi connectivity index (χ1n) is 7.98. The number of halogens is 1. The van der Waals surface area contributed by atoms with Gasteiger partial charge in [0, 0.05) is 31.1 Å². The van der Waals surface area contributed by atoms with Crippen molar-refractivity contribution < 1.29 is 13.2 Å². The second-order valence-electron chi connectivity index (χ2n) is 5.83. The summed E-state index contributed by atoms with van der Waals surface area (Å²) < 4.78 is 35.8. The first kappa shape index (κ1) is 18.1. The molecule has 0 bridgehead atoms. The standard InChI is InChI=1S/C15H20ClN5O3S/c1-2-21-9-10(7-19-21)14-12(4-3-5-24-14)20-25(22,23)13-6-11(16)8-18-15(13)17/h6-9,12,14,20H,2-5H2,1H3,(H2,17,18)/t12-,14+/m0/s1. The topological polar surface area (TPSA) is 112 Å². The number of aryl methyl sites for hydroxylation is 1. The Labute approximate surface area is 151 Å². The molecule has 1 fully saturated rings. The van der Waals surface area contributed by atoms with E-state index >= 15 is 0 Å². The molecule has 8 nitrogen and oxygen atoms in total. The Morgan fingerprint density at radius 1 is 1.48 bits per heavy atom. The predicted molar refractivity (Wildman–Crippen MR) is 93.6 cm³/mol. The average Bonchev–Trinajstić information content (AvgIpc) is 3.06. The van der Waals surface area contributed by atoms with Crippen molar-refractivity contribution in [2.75, 3.05) is 12.3 Å². The van der Waals surface area contributed by atoms with Gasteiger partial charge in [-0.15, -0.1) is 0 Å². The van der Waals surface area contributed by atoms with Crippen LogP contribution in [0.2, 0.25) is 5.02 Å². The van der Waals surface area contributed by atoms with Crippen molar-refractivity contribution in [3.05, 3.63) is 35.2 Å². The zero-order valence-electron chi connectivity index (χ0n) is 13.7. The summed E-state index contributed by atoms with van der Waals surface area (Å²) in [6.07, 6.45) is 5.88. The van der Waals surface area contributed by atoms with Crippen molar-refractivity contribution in [1.82, 2.24) is 19.5 Å². The molecule has 0 aliphatic carbocycles. The lowest BCUT2D eigenvalue weighted by atomic mass is 9.99. The molecule has 1 aliphatic rings. The van der Waals surface area contributed by atoms with Crippen molar-refractivity contribution in [2.24, 2.45) is 0 Å². The highest BCUT2D eigenvalue weighted by atomic mass is 35.5. The van der Waals surface area contributed by atoms with Crippen LogP contribution >= 0.6 is 11.6 Å². The van der Waals surface area contributed by atoms with Crippen LogP contribution in [0.1, 0.15) is 31.4 Å². The predicted octanol–water partition coefficient (Wildman–Crippen LogP) is 1.73. The lowest BCUT2D eigenvalue weighted by Gasteiger charge is -2.31. The monoisotopic (exact) mass is 385 g/mol. The molecule has 2 aromatic heterocycles. The molecule has 0 amide bonds. The van der Waals surface area contributed by atoms with E-state index in [2.05, 4.69) is 14.8 Å². The minimum absolute atomic E-state index is 0.0935. The third kappa shape index (κ3) is 3.95. The summed E-state index contributed by atoms with van der Waals surface area (Å²) in [7, 11) is -3.88. The zero-order chi connectivity index (χ0) is 18.0. The minimum atomic E-state index is -3.88. The lowest BCUT2D eigenvalue weighted by molar-refractivity contribution is -0.00447. The van der Waals surface area contributed by atoms with Crippen molar-refractivity contribution in [3.8, 4) is 0 Å². The second kappa shape index (κ2) is 7.28. The van der Waals surface area contributed by atoms with Crippen LogP contribution in [0, 0.1) is 0 Å². The molecule has 3 N–H and O–H groups in total. The molecule has 0 saturated carbocycles. The van der Waals surface area contributed by atoms with E-state index < -0.39 is 22.2 Å². The van der Waals surface area contributed by atoms with Crippen LogP contribution in [0.5, 0.6) is 0 Å². The highest BCUT2D eigenvalue weighted by Crippen LogP contribution is 2.30. The largest absolute Gasteiger partial charge is 0.383 e. The first-order valence-corrected chi connectivity index (χ1v) is 9.84. The Balaban J connectivity index is 1.87. The normalized spacial score (nSPS) is 21.4. The number of sulfonamides is 1. The second-order valence-corrected chi connectivity index (χ2v) is 7.95. The van der Waals surface area contributed by atoms with Crippen LogP contribution in [0.15, 0.2) is 29.6 Å². The molecule has 2 atom stereocenters. The summed E-state index contributed by atoms with van der Waals surface area (Å²) >= 11 is 5.86. The van der Waals surface area contributed by atoms with E-state index in [-0.39, 0.29) is 15.7 Å². The van der Waals surface area contributed by atoms with E-state index in [0.717, 1.165) is 18.5 Å². The van der Waals surface area contributed by atoms with Crippen LogP contribution < -0.4 is 10.5 Å². The van der Waals surface area contributed by atoms with E-state index in [4.69, 9.17) is 22.1 Å². The van der Waals surface area contributed by atoms with Crippen molar-refractivity contribution in [3.63, 3.8) is 0 Å². The van der Waals surface area contributed by atoms with Gasteiger partial charge >= 0.3 is 0 Å². The Morgan fingerprint density at radius 3 is 3.00 bits per heavy atom. The smallest absolute Gasteiger partial charge is 0.244 e. The maximum Gasteiger partial charge on any atom is 0.244 e. The molecule has 0 radical (unpaired) electrons. The Morgan fingerprint density at radius 2 is 2.28 bits per heavy atom. The summed E-state index contributed by atoms with van der Waals surface area (Å²) in [5.41, 5.74) is 6.55. The van der Waals surface area contributed by atoms with Gasteiger partial charge in [0.2, 0.25) is 10.0 Å². The van der Waals surface area contributed by atoms with Gasteiger partial charge in [0.15, 0.2) is 0 Å². The van der Waals surface area contributed by atoms with Crippen LogP contribution in [0.3, 0.4) is 0 Å². The number of hydrogen-bond acceptors (Lipinski definition) is 6. The van der Waals surface area contributed by atoms with E-state index in [1.54, 1.807) is 10.9 Å². The summed E-state index contributed by atoms with van der Waals surface area (Å²) in [6, 6.07) is 0.867. The molecule has 10 heteroatoms. The molecule has 0 unspecified atom stereocenters. The maximum absolute atomic E-state index is 12.7. The number of nitrogen functional groups attached to an aromatic ring is 1. The van der Waals surface area contributed by atoms with Crippen molar-refractivity contribution in [1.29, 1.82) is 0 Å². The Hall–Kier alpha value is -1.68. The van der Waals surface area contributed by atoms with E-state index in [0.29, 0.717) is 13.0 Å². The van der Waals surface area contributed by atoms with Crippen LogP contribution in [0.4, 0.5) is 5.82 Å². The van der Waals surface area contributed by atoms with E-state index in [1.807, 2.05) is 13.1 Å². The van der Waals surface area contributed by atoms with Crippen LogP contribution in [-0.2, 0) is 21.3 Å². The number of hydrogen-bond donors (Lipinski definition) is 2. The summed E-state index contributed by atoms with van der Waals surface area (Å²) in [5.74, 6) is -0.0935. The van der Waals surface area contributed by atoms with Crippen molar-refractivity contribution in [2.45, 2.75) is 43.4 Å². The molecular weight excluding hydrogens is 366 g/mol. The van der Waals surface area contributed by atoms with Gasteiger partial charge in [0.25, 0.3) is 0 Å². The molecule has 136 valence electrons. The third-order valence-electron chi connectivity index (χ3n) is 4.07. The minimum Gasteiger partial charge on any atom is -0.383 e. The highest BCUT2D eigenvalue weighted by Gasteiger charge is 2.33. The number of ether oxygens (including phenoxy) is 1. The van der Waals surface area contributed by atoms with Gasteiger partial charge in [-0.05, 0) is 25.8 Å². The van der Waals surface area contributed by atoms with E-state index in [9.17, 15) is 8.42 Å². The number of anilines is 1. The fraction of sp³-hybridized carbons (Fsp3) is 0.467. The zero-order valence-corrected chi connectivity index (χ0v) is 15.3. The number of aromatic nitrogens is 3. The quantitative estimate of drug-likeness (QED) is 0.810. The van der Waals surface area contributed by atoms with Gasteiger partial charge in [-0.2, -0.15) is 5.10 Å². The van der Waals surface area contributed by atoms with Crippen molar-refractivity contribution >= 4 is 27.4 Å². The fourth-order valence-corrected chi connectivity index (χ4v) is 4.44. The number of nitrogens with one attached hydrogen (secondary N) is 1. The molecule has 3 heterocycles. The summed E-state index contributed by atoms with van der Waals surface area (Å²) in [4.78, 5) is 3.68. The molecule has 0 spiro atoms. The fourth-order valence-electron chi connectivity index (χ4n) is 2.84. The molecule has 2 aromatic rings. The molecule has 0 aromatic carbocycles. The molecule has 1 aliphatic heterocycles. The Bertz CT molecular complexity index is 855. The first-order chi connectivity index (χ1) is 11.9.